The van der Waals surface area contributed by atoms with Crippen LogP contribution in [0.5, 0.6) is 0 Å². The van der Waals surface area contributed by atoms with Crippen LogP contribution in [0, 0.1) is 0 Å². The van der Waals surface area contributed by atoms with Gasteiger partial charge in [-0.1, -0.05) is 6.04 Å². The molecule has 1 heterocycles. The molecule has 0 bridgehead atoms. The molecule has 1 aliphatic rings. The first-order valence-electron chi connectivity index (χ1n) is 6.25. The maximum absolute atomic E-state index is 5.75. The fourth-order valence-corrected chi connectivity index (χ4v) is 6.11. The number of hydrogen-bond donors (Lipinski definition) is 0. The molecule has 0 aliphatic carbocycles. The highest BCUT2D eigenvalue weighted by Gasteiger charge is 2.39. The smallest absolute Gasteiger partial charge is 0.267 e. The summed E-state index contributed by atoms with van der Waals surface area (Å²) in [6, 6.07) is 2.46. The van der Waals surface area contributed by atoms with Crippen molar-refractivity contribution in [3.63, 3.8) is 0 Å². The van der Waals surface area contributed by atoms with Crippen LogP contribution < -0.4 is 0 Å². The van der Waals surface area contributed by atoms with Crippen LogP contribution in [0.4, 0.5) is 0 Å². The van der Waals surface area contributed by atoms with E-state index in [4.69, 9.17) is 13.9 Å². The molecule has 1 unspecified atom stereocenters. The van der Waals surface area contributed by atoms with Crippen molar-refractivity contribution >= 4 is 18.0 Å². The van der Waals surface area contributed by atoms with Gasteiger partial charge in [0, 0.05) is 21.3 Å². The maximum Gasteiger partial charge on any atom is 0.267 e. The highest BCUT2D eigenvalue weighted by Crippen LogP contribution is 2.26. The van der Waals surface area contributed by atoms with Crippen molar-refractivity contribution in [1.82, 2.24) is 4.57 Å². The van der Waals surface area contributed by atoms with E-state index in [0.717, 1.165) is 9.52 Å². The largest absolute Gasteiger partial charge is 0.406 e. The van der Waals surface area contributed by atoms with E-state index in [1.807, 2.05) is 7.11 Å². The normalized spacial score (nSPS) is 25.9. The second kappa shape index (κ2) is 7.65. The van der Waals surface area contributed by atoms with Gasteiger partial charge in [0.15, 0.2) is 0 Å². The Kier molecular flexibility index (Phi) is 6.90. The van der Waals surface area contributed by atoms with Crippen molar-refractivity contribution in [1.29, 1.82) is 0 Å². The quantitative estimate of drug-likeness (QED) is 0.382. The fourth-order valence-electron chi connectivity index (χ4n) is 2.32. The molecular weight excluding hydrogens is 250 g/mol. The van der Waals surface area contributed by atoms with Gasteiger partial charge in [-0.3, -0.25) is 0 Å². The molecule has 6 heteroatoms. The Morgan fingerprint density at radius 2 is 2.00 bits per heavy atom. The van der Waals surface area contributed by atoms with Gasteiger partial charge in [-0.15, -0.1) is 0 Å². The highest BCUT2D eigenvalue weighted by atomic mass is 28.4. The van der Waals surface area contributed by atoms with E-state index in [0.29, 0.717) is 0 Å². The fraction of sp³-hybridized carbons (Fsp3) is 1.00. The Morgan fingerprint density at radius 1 is 1.29 bits per heavy atom. The molecule has 0 amide bonds. The van der Waals surface area contributed by atoms with Gasteiger partial charge in [0.05, 0.1) is 0 Å². The number of ether oxygens (including phenoxy) is 2. The Morgan fingerprint density at radius 3 is 2.59 bits per heavy atom. The first-order chi connectivity index (χ1) is 8.16. The van der Waals surface area contributed by atoms with E-state index in [-0.39, 0.29) is 5.91 Å². The van der Waals surface area contributed by atoms with Crippen LogP contribution >= 0.6 is 0 Å². The summed E-state index contributed by atoms with van der Waals surface area (Å²) in [5, 5.41) is 0. The molecule has 0 spiro atoms. The number of methoxy groups -OCH3 is 2. The Bertz CT molecular complexity index is 217. The zero-order valence-corrected chi connectivity index (χ0v) is 13.5. The molecule has 100 valence electrons. The first kappa shape index (κ1) is 15.3. The minimum absolute atomic E-state index is 0.0142. The lowest BCUT2D eigenvalue weighted by Crippen LogP contribution is -2.48. The molecule has 1 rings (SSSR count). The lowest BCUT2D eigenvalue weighted by Gasteiger charge is -2.31. The average Bonchev–Trinajstić information content (AvgIpc) is 2.72. The highest BCUT2D eigenvalue weighted by molar-refractivity contribution is 6.70. The van der Waals surface area contributed by atoms with Gasteiger partial charge in [-0.05, 0) is 38.5 Å². The molecule has 4 nitrogen and oxygen atoms in total. The van der Waals surface area contributed by atoms with Crippen LogP contribution in [-0.2, 0) is 13.9 Å². The third kappa shape index (κ3) is 4.46. The van der Waals surface area contributed by atoms with Crippen molar-refractivity contribution in [2.75, 3.05) is 34.4 Å². The SMILES string of the molecule is COC(OC)[Si]CCCN1CCC[Si]1(C)OC. The zero-order chi connectivity index (χ0) is 12.7. The summed E-state index contributed by atoms with van der Waals surface area (Å²) >= 11 is 0. The molecule has 0 aromatic rings. The summed E-state index contributed by atoms with van der Waals surface area (Å²) in [5.41, 5.74) is 0. The number of hydrogen-bond acceptors (Lipinski definition) is 4. The molecule has 1 fully saturated rings. The molecule has 17 heavy (non-hydrogen) atoms. The van der Waals surface area contributed by atoms with E-state index >= 15 is 0 Å². The van der Waals surface area contributed by atoms with Crippen LogP contribution in [0.3, 0.4) is 0 Å². The minimum Gasteiger partial charge on any atom is -0.406 e. The zero-order valence-electron chi connectivity index (χ0n) is 11.5. The topological polar surface area (TPSA) is 30.9 Å². The van der Waals surface area contributed by atoms with Crippen LogP contribution in [-0.4, -0.2) is 62.9 Å². The van der Waals surface area contributed by atoms with Crippen LogP contribution in [0.1, 0.15) is 12.8 Å². The summed E-state index contributed by atoms with van der Waals surface area (Å²) < 4.78 is 18.7. The van der Waals surface area contributed by atoms with Crippen molar-refractivity contribution in [3.8, 4) is 0 Å². The van der Waals surface area contributed by atoms with E-state index in [9.17, 15) is 0 Å². The molecule has 0 aromatic carbocycles. The molecule has 1 atom stereocenters. The minimum atomic E-state index is -1.51. The molecule has 1 aliphatic heterocycles. The lowest BCUT2D eigenvalue weighted by molar-refractivity contribution is -0.0441. The summed E-state index contributed by atoms with van der Waals surface area (Å²) in [4.78, 5) is 0. The first-order valence-corrected chi connectivity index (χ1v) is 10.1. The molecule has 1 saturated heterocycles. The predicted molar refractivity (Wildman–Crippen MR) is 72.6 cm³/mol. The van der Waals surface area contributed by atoms with Gasteiger partial charge in [0.25, 0.3) is 8.48 Å². The number of nitrogens with zero attached hydrogens (tertiary/aromatic N) is 1. The van der Waals surface area contributed by atoms with Gasteiger partial charge in [-0.2, -0.15) is 0 Å². The van der Waals surface area contributed by atoms with Gasteiger partial charge >= 0.3 is 0 Å². The van der Waals surface area contributed by atoms with E-state index in [1.54, 1.807) is 14.2 Å². The third-order valence-electron chi connectivity index (χ3n) is 3.52. The molecule has 0 saturated carbocycles. The molecular formula is C11H25NO3Si2. The Hall–Kier alpha value is 0.274. The van der Waals surface area contributed by atoms with Crippen LogP contribution in [0.2, 0.25) is 18.6 Å². The van der Waals surface area contributed by atoms with Crippen molar-refractivity contribution in [3.05, 3.63) is 0 Å². The lowest BCUT2D eigenvalue weighted by atomic mass is 10.4. The van der Waals surface area contributed by atoms with E-state index in [1.165, 1.54) is 38.0 Å². The number of rotatable bonds is 8. The molecule has 0 N–H and O–H groups in total. The van der Waals surface area contributed by atoms with Crippen molar-refractivity contribution in [2.24, 2.45) is 0 Å². The van der Waals surface area contributed by atoms with Gasteiger partial charge in [0.2, 0.25) is 0 Å². The van der Waals surface area contributed by atoms with Crippen LogP contribution in [0.15, 0.2) is 0 Å². The predicted octanol–water partition coefficient (Wildman–Crippen LogP) is 1.50. The third-order valence-corrected chi connectivity index (χ3v) is 8.91. The Balaban J connectivity index is 2.18. The average molecular weight is 275 g/mol. The van der Waals surface area contributed by atoms with Crippen molar-refractivity contribution in [2.45, 2.75) is 37.4 Å². The second-order valence-corrected chi connectivity index (χ2v) is 9.85. The molecule has 2 radical (unpaired) electrons. The Labute approximate surface area is 109 Å². The summed E-state index contributed by atoms with van der Waals surface area (Å²) in [7, 11) is 4.51. The maximum atomic E-state index is 5.75. The van der Waals surface area contributed by atoms with Crippen LogP contribution in [0.25, 0.3) is 0 Å². The van der Waals surface area contributed by atoms with Crippen molar-refractivity contribution < 1.29 is 13.9 Å². The summed E-state index contributed by atoms with van der Waals surface area (Å²) in [5.74, 6) is -0.0142. The monoisotopic (exact) mass is 275 g/mol. The summed E-state index contributed by atoms with van der Waals surface area (Å²) in [6.45, 7) is 4.72. The second-order valence-electron chi connectivity index (χ2n) is 4.58. The van der Waals surface area contributed by atoms with E-state index < -0.39 is 8.48 Å². The van der Waals surface area contributed by atoms with E-state index in [2.05, 4.69) is 11.1 Å². The van der Waals surface area contributed by atoms with Gasteiger partial charge < -0.3 is 18.5 Å². The molecule has 0 aromatic heterocycles. The summed E-state index contributed by atoms with van der Waals surface area (Å²) in [6.07, 6.45) is 2.52. The van der Waals surface area contributed by atoms with Gasteiger partial charge in [-0.25, -0.2) is 0 Å². The standard InChI is InChI=1S/C11H25NO3Si2/c1-13-11(14-2)16-9-5-7-12-8-6-10-17(12,4)15-3/h11H,5-10H2,1-4H3. The van der Waals surface area contributed by atoms with Gasteiger partial charge in [0.1, 0.15) is 15.4 Å².